The van der Waals surface area contributed by atoms with Crippen molar-refractivity contribution in [2.24, 2.45) is 33.7 Å². The van der Waals surface area contributed by atoms with Crippen LogP contribution in [-0.2, 0) is 77.1 Å². The monoisotopic (exact) mass is 1970 g/mol. The van der Waals surface area contributed by atoms with Gasteiger partial charge in [-0.05, 0) is 359 Å². The highest BCUT2D eigenvalue weighted by Gasteiger charge is 2.41. The SMILES string of the molecule is CCOC(=O)C1CCC(N2C(=NC(=O)c3ccc(C)cc3)Cc3ccc(CN4CCCCC4)cc32)CC1.CCOC(=O)C1CCC(N2C(=NC(=O)c3ccccc3)Cc3ccc(CN4CCCCC4)cc32)CC1.COC(=O)C1CCC(n2c(NC(=O)c3ccc(C)cc3)nc3ccc(CN4CCCCC4)cc32)CC1.COC(=O)C1CCC(n2c(NC(=O)c3cccc(C)c3)nc3ccc(CN4CCCCC4)cc32)CC1. The number of amides is 4. The molecule has 2 N–H and O–H groups in total. The Hall–Kier alpha value is -12.4. The number of ether oxygens (including phenoxy) is 4. The first-order chi connectivity index (χ1) is 70.7. The first-order valence-corrected chi connectivity index (χ1v) is 54.0. The number of carbonyl (C=O) groups excluding carboxylic acids is 8. The van der Waals surface area contributed by atoms with Gasteiger partial charge in [-0.3, -0.25) is 68.6 Å². The molecule has 6 aliphatic heterocycles. The van der Waals surface area contributed by atoms with Gasteiger partial charge in [0.25, 0.3) is 23.6 Å². The van der Waals surface area contributed by atoms with Crippen molar-refractivity contribution in [3.63, 3.8) is 0 Å². The second-order valence-electron chi connectivity index (χ2n) is 41.7. The third-order valence-electron chi connectivity index (χ3n) is 31.4. The van der Waals surface area contributed by atoms with Crippen LogP contribution in [0.15, 0.2) is 186 Å². The predicted molar refractivity (Wildman–Crippen MR) is 571 cm³/mol. The molecule has 10 aliphatic rings. The van der Waals surface area contributed by atoms with Crippen LogP contribution in [0.5, 0.6) is 0 Å². The van der Waals surface area contributed by atoms with Gasteiger partial charge < -0.3 is 37.9 Å². The minimum absolute atomic E-state index is 0.0277. The Kier molecular flexibility index (Phi) is 36.0. The van der Waals surface area contributed by atoms with E-state index in [4.69, 9.17) is 28.9 Å². The van der Waals surface area contributed by atoms with Crippen molar-refractivity contribution >= 4 is 105 Å². The zero-order valence-electron chi connectivity index (χ0n) is 86.2. The van der Waals surface area contributed by atoms with E-state index in [1.165, 1.54) is 136 Å². The number of hydrogen-bond acceptors (Lipinski definition) is 18. The number of aryl methyl sites for hydroxylation is 3. The van der Waals surface area contributed by atoms with Gasteiger partial charge in [0.15, 0.2) is 0 Å². The van der Waals surface area contributed by atoms with Crippen LogP contribution >= 0.6 is 0 Å². The number of imidazole rings is 2. The molecule has 8 aromatic carbocycles. The number of rotatable bonds is 24. The first-order valence-electron chi connectivity index (χ1n) is 54.0. The van der Waals surface area contributed by atoms with Crippen LogP contribution in [0, 0.1) is 44.4 Å². The lowest BCUT2D eigenvalue weighted by molar-refractivity contribution is -0.150. The van der Waals surface area contributed by atoms with Crippen molar-refractivity contribution in [3.05, 3.63) is 248 Å². The van der Waals surface area contributed by atoms with Crippen LogP contribution in [0.2, 0.25) is 0 Å². The molecular formula is C119H148N14O12. The van der Waals surface area contributed by atoms with Crippen LogP contribution < -0.4 is 20.4 Å². The van der Waals surface area contributed by atoms with Gasteiger partial charge in [-0.1, -0.05) is 133 Å². The lowest BCUT2D eigenvalue weighted by Gasteiger charge is -2.36. The van der Waals surface area contributed by atoms with Crippen molar-refractivity contribution in [2.75, 3.05) is 100 Å². The summed E-state index contributed by atoms with van der Waals surface area (Å²) in [6.45, 7) is 23.6. The van der Waals surface area contributed by atoms with Gasteiger partial charge in [-0.2, -0.15) is 9.98 Å². The third kappa shape index (κ3) is 26.7. The Bertz CT molecular complexity index is 6190. The van der Waals surface area contributed by atoms with Crippen molar-refractivity contribution in [2.45, 2.75) is 278 Å². The molecule has 4 saturated carbocycles. The number of benzene rings is 8. The summed E-state index contributed by atoms with van der Waals surface area (Å²) in [6, 6.07) is 59.4. The Morgan fingerprint density at radius 1 is 0.331 bits per heavy atom. The molecule has 10 aromatic rings. The maximum Gasteiger partial charge on any atom is 0.308 e. The molecule has 0 spiro atoms. The minimum Gasteiger partial charge on any atom is -0.469 e. The molecule has 20 rings (SSSR count). The van der Waals surface area contributed by atoms with E-state index in [9.17, 15) is 38.4 Å². The van der Waals surface area contributed by atoms with Crippen molar-refractivity contribution in [1.82, 2.24) is 38.7 Å². The van der Waals surface area contributed by atoms with E-state index in [1.54, 1.807) is 0 Å². The summed E-state index contributed by atoms with van der Waals surface area (Å²) in [5, 5.41) is 6.19. The maximum absolute atomic E-state index is 13.2. The van der Waals surface area contributed by atoms with Gasteiger partial charge in [-0.25, -0.2) is 9.97 Å². The largest absolute Gasteiger partial charge is 0.469 e. The molecule has 8 heterocycles. The highest BCUT2D eigenvalue weighted by Crippen LogP contribution is 2.45. The van der Waals surface area contributed by atoms with Gasteiger partial charge >= 0.3 is 23.9 Å². The fourth-order valence-electron chi connectivity index (χ4n) is 23.5. The molecule has 4 aliphatic carbocycles. The number of carbonyl (C=O) groups is 8. The number of amidine groups is 2. The number of nitrogens with one attached hydrogen (secondary N) is 2. The average molecular weight is 1970 g/mol. The van der Waals surface area contributed by atoms with Gasteiger partial charge in [0.2, 0.25) is 11.9 Å². The van der Waals surface area contributed by atoms with E-state index in [2.05, 4.69) is 132 Å². The van der Waals surface area contributed by atoms with Gasteiger partial charge in [0, 0.05) is 96.8 Å². The fraction of sp³-hybridized carbons (Fsp3) is 0.496. The molecule has 0 unspecified atom stereocenters. The van der Waals surface area contributed by atoms with Crippen LogP contribution in [-0.4, -0.2) is 190 Å². The highest BCUT2D eigenvalue weighted by atomic mass is 16.5. The molecule has 26 heteroatoms. The Morgan fingerprint density at radius 2 is 0.662 bits per heavy atom. The molecule has 0 atom stereocenters. The second-order valence-corrected chi connectivity index (χ2v) is 41.7. The normalized spacial score (nSPS) is 22.1. The number of anilines is 4. The van der Waals surface area contributed by atoms with E-state index in [1.807, 2.05) is 138 Å². The van der Waals surface area contributed by atoms with Crippen LogP contribution in [0.4, 0.5) is 23.3 Å². The summed E-state index contributed by atoms with van der Waals surface area (Å²) in [5.41, 5.74) is 19.6. The van der Waals surface area contributed by atoms with Crippen molar-refractivity contribution in [1.29, 1.82) is 0 Å². The minimum atomic E-state index is -0.197. The van der Waals surface area contributed by atoms with Crippen LogP contribution in [0.25, 0.3) is 22.1 Å². The highest BCUT2D eigenvalue weighted by molar-refractivity contribution is 6.14. The number of hydrogen-bond donors (Lipinski definition) is 2. The number of aromatic nitrogens is 4. The zero-order chi connectivity index (χ0) is 101. The smallest absolute Gasteiger partial charge is 0.308 e. The van der Waals surface area contributed by atoms with Gasteiger partial charge in [-0.15, -0.1) is 0 Å². The Labute approximate surface area is 855 Å². The van der Waals surface area contributed by atoms with E-state index in [-0.39, 0.29) is 95.3 Å². The molecule has 0 bridgehead atoms. The van der Waals surface area contributed by atoms with Crippen molar-refractivity contribution < 1.29 is 57.3 Å². The van der Waals surface area contributed by atoms with E-state index < -0.39 is 0 Å². The molecule has 4 saturated heterocycles. The summed E-state index contributed by atoms with van der Waals surface area (Å²) >= 11 is 0. The number of methoxy groups -OCH3 is 2. The van der Waals surface area contributed by atoms with E-state index in [0.717, 1.165) is 232 Å². The molecule has 766 valence electrons. The molecular weight excluding hydrogens is 1820 g/mol. The summed E-state index contributed by atoms with van der Waals surface area (Å²) in [6.07, 6.45) is 30.0. The second kappa shape index (κ2) is 50.2. The number of esters is 4. The number of likely N-dealkylation sites (tertiary alicyclic amines) is 4. The summed E-state index contributed by atoms with van der Waals surface area (Å²) in [7, 11) is 2.92. The molecule has 0 radical (unpaired) electrons. The van der Waals surface area contributed by atoms with Crippen molar-refractivity contribution in [3.8, 4) is 0 Å². The molecule has 26 nitrogen and oxygen atoms in total. The Morgan fingerprint density at radius 3 is 1.03 bits per heavy atom. The number of fused-ring (bicyclic) bond motifs is 4. The number of nitrogens with zero attached hydrogens (tertiary/aromatic N) is 12. The quantitative estimate of drug-likeness (QED) is 0.0420. The number of piperidine rings is 4. The summed E-state index contributed by atoms with van der Waals surface area (Å²) < 4.78 is 25.0. The van der Waals surface area contributed by atoms with Gasteiger partial charge in [0.05, 0.1) is 73.2 Å². The topological polar surface area (TPSA) is 277 Å². The Balaban J connectivity index is 0.000000132. The predicted octanol–water partition coefficient (Wildman–Crippen LogP) is 22.1. The lowest BCUT2D eigenvalue weighted by atomic mass is 9.85. The molecule has 145 heavy (non-hydrogen) atoms. The van der Waals surface area contributed by atoms with Crippen LogP contribution in [0.3, 0.4) is 0 Å². The third-order valence-corrected chi connectivity index (χ3v) is 31.4. The fourth-order valence-corrected chi connectivity index (χ4v) is 23.5. The zero-order valence-corrected chi connectivity index (χ0v) is 86.2. The van der Waals surface area contributed by atoms with Gasteiger partial charge in [0.1, 0.15) is 11.7 Å². The van der Waals surface area contributed by atoms with E-state index >= 15 is 0 Å². The average Bonchev–Trinajstić information content (AvgIpc) is 1.64. The summed E-state index contributed by atoms with van der Waals surface area (Å²) in [4.78, 5) is 135. The lowest BCUT2D eigenvalue weighted by Crippen LogP contribution is -2.42. The number of aliphatic imine (C=N–C) groups is 2. The summed E-state index contributed by atoms with van der Waals surface area (Å²) in [5.74, 6) is 1.53. The van der Waals surface area contributed by atoms with E-state index in [0.29, 0.717) is 60.2 Å². The standard InChI is InChI=1S/C31H39N3O3.C30H37N3O3.2C29H36N4O3/c1-3-37-31(36)25-13-15-27(16-14-25)34-28-19-23(21-33-17-5-4-6-18-33)9-12-26(28)20-29(34)32-30(35)24-10-7-22(2)8-11-24;1-2-36-30(35)24-13-15-26(16-14-24)33-27-19-22(21-32-17-7-4-8-18-32)11-12-25(27)20-28(33)31-29(34)23-9-5-3-6-10-23;1-20-6-9-22(10-7-20)27(34)31-29-30-25-15-8-21(19-32-16-4-3-5-17-32)18-26(25)33(29)24-13-11-23(12-14-24)28(35)36-2;1-20-7-6-8-23(17-20)27(34)31-29-30-25-14-9-21(19-32-15-4-3-5-16-32)18-26(25)33(29)24-12-10-22(11-13-24)28(35)36-2/h7-12,19,25,27H,3-6,13-18,20-21H2,1-2H3;3,5-6,9-12,19,24,26H,2,4,7-8,13-18,20-21H2,1H3;6-10,15,18,23-24H,3-5,11-14,16-17,19H2,1-2H3,(H,30,31,34);6-9,14,17-18,22,24H,3-5,10-13,15-16,19H2,1-2H3,(H,30,31,34). The maximum atomic E-state index is 13.2. The van der Waals surface area contributed by atoms with Crippen LogP contribution in [0.1, 0.15) is 297 Å². The molecule has 4 amide bonds. The molecule has 2 aromatic heterocycles. The molecule has 8 fully saturated rings. The first kappa shape index (κ1) is 104.